The summed E-state index contributed by atoms with van der Waals surface area (Å²) in [6, 6.07) is 7.28. The van der Waals surface area contributed by atoms with Crippen LogP contribution in [0.2, 0.25) is 0 Å². The summed E-state index contributed by atoms with van der Waals surface area (Å²) >= 11 is 0. The monoisotopic (exact) mass is 319 g/mol. The number of hydrogen-bond donors (Lipinski definition) is 2. The average Bonchev–Trinajstić information content (AvgIpc) is 3.36. The minimum atomic E-state index is -1.01. The van der Waals surface area contributed by atoms with Gasteiger partial charge in [-0.2, -0.15) is 0 Å². The van der Waals surface area contributed by atoms with Crippen LogP contribution in [0.5, 0.6) is 5.75 Å². The summed E-state index contributed by atoms with van der Waals surface area (Å²) in [6.07, 6.45) is 3.20. The molecule has 0 aromatic heterocycles. The van der Waals surface area contributed by atoms with Crippen molar-refractivity contribution < 1.29 is 19.4 Å². The summed E-state index contributed by atoms with van der Waals surface area (Å²) in [5.41, 5.74) is -0.405. The number of ether oxygens (including phenoxy) is 1. The Morgan fingerprint density at radius 1 is 1.26 bits per heavy atom. The third kappa shape index (κ3) is 4.47. The van der Waals surface area contributed by atoms with E-state index in [2.05, 4.69) is 5.32 Å². The Kier molecular flexibility index (Phi) is 5.64. The lowest BCUT2D eigenvalue weighted by Gasteiger charge is -2.26. The summed E-state index contributed by atoms with van der Waals surface area (Å²) in [4.78, 5) is 23.8. The average molecular weight is 319 g/mol. The van der Waals surface area contributed by atoms with Crippen LogP contribution >= 0.6 is 0 Å². The van der Waals surface area contributed by atoms with Crippen LogP contribution in [0.25, 0.3) is 0 Å². The Hall–Kier alpha value is -2.04. The summed E-state index contributed by atoms with van der Waals surface area (Å²) in [5, 5.41) is 12.2. The third-order valence-corrected chi connectivity index (χ3v) is 4.64. The molecule has 1 amide bonds. The van der Waals surface area contributed by atoms with E-state index in [1.54, 1.807) is 19.9 Å². The van der Waals surface area contributed by atoms with Crippen molar-refractivity contribution in [3.63, 3.8) is 0 Å². The number of anilines is 1. The molecule has 0 heterocycles. The molecule has 0 saturated heterocycles. The first-order chi connectivity index (χ1) is 11.0. The van der Waals surface area contributed by atoms with Crippen LogP contribution in [-0.4, -0.2) is 23.6 Å². The van der Waals surface area contributed by atoms with Gasteiger partial charge in [0.25, 0.3) is 0 Å². The van der Waals surface area contributed by atoms with Gasteiger partial charge in [0.1, 0.15) is 5.75 Å². The maximum atomic E-state index is 12.3. The summed E-state index contributed by atoms with van der Waals surface area (Å²) in [6.45, 7) is 4.27. The summed E-state index contributed by atoms with van der Waals surface area (Å²) in [7, 11) is 0. The van der Waals surface area contributed by atoms with Gasteiger partial charge in [0, 0.05) is 6.42 Å². The Morgan fingerprint density at radius 2 is 1.91 bits per heavy atom. The highest BCUT2D eigenvalue weighted by atomic mass is 16.5. The van der Waals surface area contributed by atoms with Gasteiger partial charge in [0.05, 0.1) is 17.7 Å². The number of carbonyl (C=O) groups excluding carboxylic acids is 1. The number of nitrogens with one attached hydrogen (secondary N) is 1. The molecule has 1 aliphatic rings. The maximum Gasteiger partial charge on any atom is 0.310 e. The van der Waals surface area contributed by atoms with Crippen molar-refractivity contribution >= 4 is 17.6 Å². The first-order valence-electron chi connectivity index (χ1n) is 8.26. The molecule has 2 N–H and O–H groups in total. The van der Waals surface area contributed by atoms with Crippen LogP contribution in [0, 0.1) is 11.3 Å². The van der Waals surface area contributed by atoms with E-state index in [0.717, 1.165) is 0 Å². The largest absolute Gasteiger partial charge is 0.491 e. The van der Waals surface area contributed by atoms with Crippen molar-refractivity contribution in [3.8, 4) is 5.75 Å². The molecule has 0 aliphatic heterocycles. The number of carboxylic acid groups (broad SMARTS) is 1. The Balaban J connectivity index is 2.02. The predicted octanol–water partition coefficient (Wildman–Crippen LogP) is 3.70. The van der Waals surface area contributed by atoms with E-state index in [0.29, 0.717) is 36.8 Å². The molecule has 1 aromatic rings. The quantitative estimate of drug-likeness (QED) is 0.728. The zero-order valence-electron chi connectivity index (χ0n) is 13.8. The van der Waals surface area contributed by atoms with Gasteiger partial charge in [-0.1, -0.05) is 26.0 Å². The smallest absolute Gasteiger partial charge is 0.310 e. The molecule has 23 heavy (non-hydrogen) atoms. The Morgan fingerprint density at radius 3 is 2.48 bits per heavy atom. The first-order valence-corrected chi connectivity index (χ1v) is 8.26. The predicted molar refractivity (Wildman–Crippen MR) is 88.6 cm³/mol. The van der Waals surface area contributed by atoms with Crippen LogP contribution in [0.1, 0.15) is 46.0 Å². The topological polar surface area (TPSA) is 75.6 Å². The van der Waals surface area contributed by atoms with Crippen molar-refractivity contribution in [1.82, 2.24) is 0 Å². The van der Waals surface area contributed by atoms with E-state index in [9.17, 15) is 14.7 Å². The molecule has 1 aromatic carbocycles. The molecule has 0 unspecified atom stereocenters. The molecule has 1 saturated carbocycles. The van der Waals surface area contributed by atoms with Crippen LogP contribution in [0.15, 0.2) is 24.3 Å². The van der Waals surface area contributed by atoms with Gasteiger partial charge in [-0.05, 0) is 43.7 Å². The molecule has 0 atom stereocenters. The number of rotatable bonds is 9. The Bertz CT molecular complexity index is 562. The van der Waals surface area contributed by atoms with Crippen LogP contribution in [-0.2, 0) is 9.59 Å². The molecule has 5 nitrogen and oxygen atoms in total. The Labute approximate surface area is 137 Å². The number of para-hydroxylation sites is 2. The highest BCUT2D eigenvalue weighted by molar-refractivity contribution is 5.95. The van der Waals surface area contributed by atoms with Crippen molar-refractivity contribution in [3.05, 3.63) is 24.3 Å². The molecule has 0 spiro atoms. The number of amides is 1. The van der Waals surface area contributed by atoms with Crippen molar-refractivity contribution in [2.45, 2.75) is 46.0 Å². The lowest BCUT2D eigenvalue weighted by atomic mass is 9.79. The minimum absolute atomic E-state index is 0.0354. The molecule has 1 aliphatic carbocycles. The van der Waals surface area contributed by atoms with Gasteiger partial charge >= 0.3 is 5.97 Å². The zero-order chi connectivity index (χ0) is 16.9. The van der Waals surface area contributed by atoms with E-state index in [1.807, 2.05) is 18.2 Å². The van der Waals surface area contributed by atoms with Gasteiger partial charge in [-0.25, -0.2) is 0 Å². The number of aliphatic carboxylic acids is 1. The van der Waals surface area contributed by atoms with Gasteiger partial charge in [0.15, 0.2) is 0 Å². The SMILES string of the molecule is CCC(CC)(CC(=O)Nc1ccccc1OCC1CC1)C(=O)O. The molecule has 0 bridgehead atoms. The second-order valence-corrected chi connectivity index (χ2v) is 6.27. The molecule has 126 valence electrons. The molecule has 5 heteroatoms. The van der Waals surface area contributed by atoms with E-state index in [4.69, 9.17) is 4.74 Å². The minimum Gasteiger partial charge on any atom is -0.491 e. The highest BCUT2D eigenvalue weighted by Crippen LogP contribution is 2.34. The molecular formula is C18H25NO4. The van der Waals surface area contributed by atoms with Gasteiger partial charge < -0.3 is 15.2 Å². The first kappa shape index (κ1) is 17.3. The van der Waals surface area contributed by atoms with Crippen LogP contribution in [0.3, 0.4) is 0 Å². The summed E-state index contributed by atoms with van der Waals surface area (Å²) in [5.74, 6) is 0.0507. The molecule has 2 rings (SSSR count). The number of carbonyl (C=O) groups is 2. The van der Waals surface area contributed by atoms with Crippen molar-refractivity contribution in [1.29, 1.82) is 0 Å². The van der Waals surface area contributed by atoms with Gasteiger partial charge in [-0.3, -0.25) is 9.59 Å². The normalized spacial score (nSPS) is 14.3. The van der Waals surface area contributed by atoms with E-state index in [1.165, 1.54) is 12.8 Å². The van der Waals surface area contributed by atoms with Crippen LogP contribution in [0.4, 0.5) is 5.69 Å². The number of carboxylic acids is 1. The van der Waals surface area contributed by atoms with E-state index in [-0.39, 0.29) is 12.3 Å². The van der Waals surface area contributed by atoms with Gasteiger partial charge in [-0.15, -0.1) is 0 Å². The van der Waals surface area contributed by atoms with Crippen LogP contribution < -0.4 is 10.1 Å². The molecule has 0 radical (unpaired) electrons. The van der Waals surface area contributed by atoms with Gasteiger partial charge in [0.2, 0.25) is 5.91 Å². The molecule has 1 fully saturated rings. The lowest BCUT2D eigenvalue weighted by Crippen LogP contribution is -2.34. The fourth-order valence-corrected chi connectivity index (χ4v) is 2.57. The fourth-order valence-electron chi connectivity index (χ4n) is 2.57. The van der Waals surface area contributed by atoms with E-state index >= 15 is 0 Å². The lowest BCUT2D eigenvalue weighted by molar-refractivity contribution is -0.151. The summed E-state index contributed by atoms with van der Waals surface area (Å²) < 4.78 is 5.76. The van der Waals surface area contributed by atoms with Crippen molar-refractivity contribution in [2.24, 2.45) is 11.3 Å². The highest BCUT2D eigenvalue weighted by Gasteiger charge is 2.37. The second-order valence-electron chi connectivity index (χ2n) is 6.27. The molecular weight excluding hydrogens is 294 g/mol. The number of hydrogen-bond acceptors (Lipinski definition) is 3. The zero-order valence-corrected chi connectivity index (χ0v) is 13.8. The van der Waals surface area contributed by atoms with E-state index < -0.39 is 11.4 Å². The van der Waals surface area contributed by atoms with Crippen molar-refractivity contribution in [2.75, 3.05) is 11.9 Å². The standard InChI is InChI=1S/C18H25NO4/c1-3-18(4-2,17(21)22)11-16(20)19-14-7-5-6-8-15(14)23-12-13-9-10-13/h5-8,13H,3-4,9-12H2,1-2H3,(H,19,20)(H,21,22). The fraction of sp³-hybridized carbons (Fsp3) is 0.556. The second kappa shape index (κ2) is 7.49. The third-order valence-electron chi connectivity index (χ3n) is 4.64. The maximum absolute atomic E-state index is 12.3. The number of benzene rings is 1.